The highest BCUT2D eigenvalue weighted by atomic mass is 19.4. The fourth-order valence-corrected chi connectivity index (χ4v) is 2.06. The first-order valence-corrected chi connectivity index (χ1v) is 6.24. The molecule has 1 unspecified atom stereocenters. The van der Waals surface area contributed by atoms with Gasteiger partial charge in [-0.3, -0.25) is 0 Å². The van der Waals surface area contributed by atoms with Crippen LogP contribution >= 0.6 is 0 Å². The van der Waals surface area contributed by atoms with Gasteiger partial charge in [0.2, 0.25) is 0 Å². The molecule has 0 radical (unpaired) electrons. The number of aryl methyl sites for hydroxylation is 1. The van der Waals surface area contributed by atoms with E-state index < -0.39 is 11.7 Å². The van der Waals surface area contributed by atoms with Gasteiger partial charge in [-0.15, -0.1) is 0 Å². The van der Waals surface area contributed by atoms with Gasteiger partial charge in [-0.2, -0.15) is 13.2 Å². The Morgan fingerprint density at radius 3 is 2.39 bits per heavy atom. The molecule has 1 aromatic rings. The standard InChI is InChI=1S/C14H20F3N/c1-4-5-6-13(18-3)11-7-10(2)8-12(9-11)14(15,16)17/h7-9,13,18H,4-6H2,1-3H3. The summed E-state index contributed by atoms with van der Waals surface area (Å²) in [4.78, 5) is 0. The maximum Gasteiger partial charge on any atom is 0.416 e. The van der Waals surface area contributed by atoms with Gasteiger partial charge in [0, 0.05) is 6.04 Å². The lowest BCUT2D eigenvalue weighted by Crippen LogP contribution is -2.17. The first-order chi connectivity index (χ1) is 8.38. The lowest BCUT2D eigenvalue weighted by molar-refractivity contribution is -0.137. The summed E-state index contributed by atoms with van der Waals surface area (Å²) in [5, 5.41) is 3.09. The van der Waals surface area contributed by atoms with E-state index in [1.807, 2.05) is 6.07 Å². The van der Waals surface area contributed by atoms with Crippen LogP contribution in [-0.4, -0.2) is 7.05 Å². The summed E-state index contributed by atoms with van der Waals surface area (Å²) in [5.74, 6) is 0. The zero-order chi connectivity index (χ0) is 13.8. The normalized spacial score (nSPS) is 13.7. The number of nitrogens with one attached hydrogen (secondary N) is 1. The van der Waals surface area contributed by atoms with Gasteiger partial charge in [0.25, 0.3) is 0 Å². The molecule has 0 aliphatic rings. The van der Waals surface area contributed by atoms with Crippen molar-refractivity contribution in [3.8, 4) is 0 Å². The molecule has 0 aliphatic carbocycles. The predicted molar refractivity (Wildman–Crippen MR) is 67.5 cm³/mol. The molecule has 18 heavy (non-hydrogen) atoms. The van der Waals surface area contributed by atoms with E-state index in [1.54, 1.807) is 14.0 Å². The van der Waals surface area contributed by atoms with Crippen LogP contribution in [0.15, 0.2) is 18.2 Å². The highest BCUT2D eigenvalue weighted by Crippen LogP contribution is 2.32. The van der Waals surface area contributed by atoms with E-state index in [9.17, 15) is 13.2 Å². The smallest absolute Gasteiger partial charge is 0.313 e. The Labute approximate surface area is 106 Å². The summed E-state index contributed by atoms with van der Waals surface area (Å²) in [5.41, 5.74) is 0.809. The Bertz CT molecular complexity index is 385. The molecule has 0 fully saturated rings. The quantitative estimate of drug-likeness (QED) is 0.823. The van der Waals surface area contributed by atoms with Crippen molar-refractivity contribution in [1.82, 2.24) is 5.32 Å². The Balaban J connectivity index is 3.04. The van der Waals surface area contributed by atoms with Gasteiger partial charge in [0.05, 0.1) is 5.56 Å². The highest BCUT2D eigenvalue weighted by molar-refractivity contribution is 5.33. The monoisotopic (exact) mass is 259 g/mol. The van der Waals surface area contributed by atoms with E-state index in [0.29, 0.717) is 5.56 Å². The van der Waals surface area contributed by atoms with Crippen LogP contribution in [-0.2, 0) is 6.18 Å². The number of unbranched alkanes of at least 4 members (excludes halogenated alkanes) is 1. The van der Waals surface area contributed by atoms with Gasteiger partial charge in [-0.05, 0) is 38.1 Å². The van der Waals surface area contributed by atoms with E-state index >= 15 is 0 Å². The van der Waals surface area contributed by atoms with Crippen LogP contribution in [0.4, 0.5) is 13.2 Å². The molecular formula is C14H20F3N. The molecule has 0 heterocycles. The second-order valence-electron chi connectivity index (χ2n) is 4.61. The minimum Gasteiger partial charge on any atom is -0.313 e. The lowest BCUT2D eigenvalue weighted by atomic mass is 9.97. The largest absolute Gasteiger partial charge is 0.416 e. The van der Waals surface area contributed by atoms with Crippen molar-refractivity contribution in [3.05, 3.63) is 34.9 Å². The van der Waals surface area contributed by atoms with E-state index in [2.05, 4.69) is 12.2 Å². The van der Waals surface area contributed by atoms with Crippen molar-refractivity contribution in [2.45, 2.75) is 45.3 Å². The minimum absolute atomic E-state index is 0.00838. The van der Waals surface area contributed by atoms with Gasteiger partial charge in [0.1, 0.15) is 0 Å². The molecule has 0 aliphatic heterocycles. The third-order valence-corrected chi connectivity index (χ3v) is 3.02. The fourth-order valence-electron chi connectivity index (χ4n) is 2.06. The second kappa shape index (κ2) is 6.23. The number of halogens is 3. The molecule has 1 rings (SSSR count). The highest BCUT2D eigenvalue weighted by Gasteiger charge is 2.31. The molecule has 1 N–H and O–H groups in total. The van der Waals surface area contributed by atoms with Crippen LogP contribution in [0.5, 0.6) is 0 Å². The number of alkyl halides is 3. The molecule has 0 amide bonds. The summed E-state index contributed by atoms with van der Waals surface area (Å²) in [6.07, 6.45) is -1.38. The van der Waals surface area contributed by atoms with Crippen molar-refractivity contribution >= 4 is 0 Å². The average molecular weight is 259 g/mol. The Morgan fingerprint density at radius 2 is 1.89 bits per heavy atom. The molecule has 0 aromatic heterocycles. The van der Waals surface area contributed by atoms with Crippen LogP contribution in [0.3, 0.4) is 0 Å². The zero-order valence-electron chi connectivity index (χ0n) is 11.1. The summed E-state index contributed by atoms with van der Waals surface area (Å²) >= 11 is 0. The summed E-state index contributed by atoms with van der Waals surface area (Å²) in [6.45, 7) is 3.77. The number of hydrogen-bond donors (Lipinski definition) is 1. The van der Waals surface area contributed by atoms with Crippen molar-refractivity contribution in [2.75, 3.05) is 7.05 Å². The average Bonchev–Trinajstić information content (AvgIpc) is 2.28. The van der Waals surface area contributed by atoms with E-state index in [0.717, 1.165) is 24.8 Å². The predicted octanol–water partition coefficient (Wildman–Crippen LogP) is 4.46. The van der Waals surface area contributed by atoms with Crippen LogP contribution in [0.2, 0.25) is 0 Å². The van der Waals surface area contributed by atoms with E-state index in [1.165, 1.54) is 12.1 Å². The molecule has 1 aromatic carbocycles. The van der Waals surface area contributed by atoms with Crippen LogP contribution < -0.4 is 5.32 Å². The first-order valence-electron chi connectivity index (χ1n) is 6.24. The third-order valence-electron chi connectivity index (χ3n) is 3.02. The Morgan fingerprint density at radius 1 is 1.22 bits per heavy atom. The topological polar surface area (TPSA) is 12.0 Å². The van der Waals surface area contributed by atoms with Crippen molar-refractivity contribution in [3.63, 3.8) is 0 Å². The summed E-state index contributed by atoms with van der Waals surface area (Å²) in [6, 6.07) is 4.26. The van der Waals surface area contributed by atoms with Gasteiger partial charge >= 0.3 is 6.18 Å². The Hall–Kier alpha value is -1.03. The van der Waals surface area contributed by atoms with Crippen LogP contribution in [0.25, 0.3) is 0 Å². The second-order valence-corrected chi connectivity index (χ2v) is 4.61. The SMILES string of the molecule is CCCCC(NC)c1cc(C)cc(C(F)(F)F)c1. The number of rotatable bonds is 5. The molecule has 0 saturated carbocycles. The van der Waals surface area contributed by atoms with Gasteiger partial charge in [-0.1, -0.05) is 31.4 Å². The van der Waals surface area contributed by atoms with Crippen molar-refractivity contribution in [1.29, 1.82) is 0 Å². The third kappa shape index (κ3) is 4.02. The maximum atomic E-state index is 12.7. The lowest BCUT2D eigenvalue weighted by Gasteiger charge is -2.19. The van der Waals surface area contributed by atoms with Gasteiger partial charge < -0.3 is 5.32 Å². The molecule has 0 bridgehead atoms. The molecule has 4 heteroatoms. The van der Waals surface area contributed by atoms with Crippen molar-refractivity contribution < 1.29 is 13.2 Å². The summed E-state index contributed by atoms with van der Waals surface area (Å²) < 4.78 is 38.2. The van der Waals surface area contributed by atoms with Crippen LogP contribution in [0.1, 0.15) is 48.9 Å². The fraction of sp³-hybridized carbons (Fsp3) is 0.571. The maximum absolute atomic E-state index is 12.7. The minimum atomic E-state index is -4.27. The zero-order valence-corrected chi connectivity index (χ0v) is 11.1. The number of hydrogen-bond acceptors (Lipinski definition) is 1. The van der Waals surface area contributed by atoms with Gasteiger partial charge in [-0.25, -0.2) is 0 Å². The summed E-state index contributed by atoms with van der Waals surface area (Å²) in [7, 11) is 1.79. The molecule has 1 nitrogen and oxygen atoms in total. The van der Waals surface area contributed by atoms with Crippen molar-refractivity contribution in [2.24, 2.45) is 0 Å². The molecule has 1 atom stereocenters. The molecular weight excluding hydrogens is 239 g/mol. The van der Waals surface area contributed by atoms with E-state index in [4.69, 9.17) is 0 Å². The Kier molecular flexibility index (Phi) is 5.20. The number of benzene rings is 1. The molecule has 0 spiro atoms. The molecule has 0 saturated heterocycles. The van der Waals surface area contributed by atoms with Crippen LogP contribution in [0, 0.1) is 6.92 Å². The molecule has 102 valence electrons. The first kappa shape index (κ1) is 15.0. The van der Waals surface area contributed by atoms with Gasteiger partial charge in [0.15, 0.2) is 0 Å². The van der Waals surface area contributed by atoms with E-state index in [-0.39, 0.29) is 6.04 Å².